The number of nitrogens with zero attached hydrogens (tertiary/aromatic N) is 1. The molecule has 0 fully saturated rings. The van der Waals surface area contributed by atoms with Gasteiger partial charge in [-0.05, 0) is 47.9 Å². The Morgan fingerprint density at radius 1 is 1.06 bits per heavy atom. The average molecular weight is 435 g/mol. The number of carbonyl (C=O) groups is 2. The lowest BCUT2D eigenvalue weighted by molar-refractivity contribution is -0.126. The van der Waals surface area contributed by atoms with E-state index in [0.717, 1.165) is 16.9 Å². The number of methoxy groups -OCH3 is 1. The van der Waals surface area contributed by atoms with Crippen molar-refractivity contribution >= 4 is 23.4 Å². The van der Waals surface area contributed by atoms with E-state index in [-0.39, 0.29) is 24.4 Å². The van der Waals surface area contributed by atoms with E-state index in [1.807, 2.05) is 67.6 Å². The van der Waals surface area contributed by atoms with Crippen LogP contribution in [0.3, 0.4) is 0 Å². The largest absolute Gasteiger partial charge is 0.497 e. The number of halogens is 1. The zero-order valence-electron chi connectivity index (χ0n) is 17.3. The first kappa shape index (κ1) is 20.9. The molecule has 4 rings (SSSR count). The fourth-order valence-electron chi connectivity index (χ4n) is 3.97. The van der Waals surface area contributed by atoms with Gasteiger partial charge < -0.3 is 15.0 Å². The fraction of sp³-hybridized carbons (Fsp3) is 0.200. The average Bonchev–Trinajstić information content (AvgIpc) is 3.10. The minimum absolute atomic E-state index is 0.156. The summed E-state index contributed by atoms with van der Waals surface area (Å²) in [4.78, 5) is 28.2. The highest BCUT2D eigenvalue weighted by Crippen LogP contribution is 2.40. The van der Waals surface area contributed by atoms with E-state index in [1.54, 1.807) is 24.1 Å². The lowest BCUT2D eigenvalue weighted by atomic mass is 10.0. The fourth-order valence-corrected chi connectivity index (χ4v) is 4.17. The van der Waals surface area contributed by atoms with E-state index < -0.39 is 6.04 Å². The Bertz CT molecular complexity index is 1110. The second-order valence-electron chi connectivity index (χ2n) is 7.46. The summed E-state index contributed by atoms with van der Waals surface area (Å²) in [6.07, 6.45) is 0. The molecule has 2 atom stereocenters. The van der Waals surface area contributed by atoms with Gasteiger partial charge in [-0.1, -0.05) is 60.1 Å². The number of nitrogens with one attached hydrogen (secondary N) is 1. The van der Waals surface area contributed by atoms with Gasteiger partial charge in [0.1, 0.15) is 11.8 Å². The predicted octanol–water partition coefficient (Wildman–Crippen LogP) is 4.92. The topological polar surface area (TPSA) is 58.6 Å². The molecule has 0 bridgehead atoms. The molecule has 0 radical (unpaired) electrons. The van der Waals surface area contributed by atoms with Gasteiger partial charge in [-0.3, -0.25) is 9.59 Å². The summed E-state index contributed by atoms with van der Waals surface area (Å²) < 4.78 is 5.23. The lowest BCUT2D eigenvalue weighted by Crippen LogP contribution is -2.40. The molecule has 3 aromatic rings. The molecule has 2 amide bonds. The summed E-state index contributed by atoms with van der Waals surface area (Å²) in [5.41, 5.74) is 3.01. The van der Waals surface area contributed by atoms with Gasteiger partial charge in [-0.2, -0.15) is 0 Å². The monoisotopic (exact) mass is 434 g/mol. The van der Waals surface area contributed by atoms with Crippen molar-refractivity contribution in [1.29, 1.82) is 0 Å². The van der Waals surface area contributed by atoms with Crippen LogP contribution in [0.4, 0.5) is 0 Å². The Balaban J connectivity index is 1.63. The third-order valence-corrected chi connectivity index (χ3v) is 6.04. The van der Waals surface area contributed by atoms with Crippen LogP contribution in [0.25, 0.3) is 0 Å². The summed E-state index contributed by atoms with van der Waals surface area (Å²) in [5, 5.41) is 3.55. The number of fused-ring (bicyclic) bond motifs is 1. The van der Waals surface area contributed by atoms with Crippen molar-refractivity contribution in [2.24, 2.45) is 0 Å². The van der Waals surface area contributed by atoms with E-state index in [9.17, 15) is 9.59 Å². The first-order valence-electron chi connectivity index (χ1n) is 10.1. The van der Waals surface area contributed by atoms with Crippen LogP contribution in [0.15, 0.2) is 72.8 Å². The maximum Gasteiger partial charge on any atom is 0.255 e. The van der Waals surface area contributed by atoms with Crippen molar-refractivity contribution in [1.82, 2.24) is 10.2 Å². The molecule has 0 saturated carbocycles. The van der Waals surface area contributed by atoms with Gasteiger partial charge in [0, 0.05) is 17.1 Å². The van der Waals surface area contributed by atoms with Crippen LogP contribution in [0.1, 0.15) is 46.1 Å². The van der Waals surface area contributed by atoms with Crippen molar-refractivity contribution in [3.63, 3.8) is 0 Å². The Hall–Kier alpha value is -3.31. The SMILES string of the molecule is COc1ccc([C@@H](C)N2C(=O)c3ccccc3C2C(=O)NCc2ccccc2Cl)cc1. The molecule has 3 aromatic carbocycles. The van der Waals surface area contributed by atoms with Crippen LogP contribution in [-0.4, -0.2) is 23.8 Å². The van der Waals surface area contributed by atoms with Gasteiger partial charge in [0.05, 0.1) is 13.2 Å². The number of hydrogen-bond acceptors (Lipinski definition) is 3. The zero-order valence-corrected chi connectivity index (χ0v) is 18.1. The molecule has 1 heterocycles. The molecule has 31 heavy (non-hydrogen) atoms. The second kappa shape index (κ2) is 8.82. The van der Waals surface area contributed by atoms with Crippen LogP contribution < -0.4 is 10.1 Å². The first-order valence-corrected chi connectivity index (χ1v) is 10.5. The molecule has 158 valence electrons. The third kappa shape index (κ3) is 4.01. The first-order chi connectivity index (χ1) is 15.0. The molecule has 1 aliphatic rings. The Morgan fingerprint density at radius 3 is 2.45 bits per heavy atom. The predicted molar refractivity (Wildman–Crippen MR) is 120 cm³/mol. The Labute approximate surface area is 186 Å². The highest BCUT2D eigenvalue weighted by atomic mass is 35.5. The highest BCUT2D eigenvalue weighted by molar-refractivity contribution is 6.31. The van der Waals surface area contributed by atoms with Gasteiger partial charge in [-0.15, -0.1) is 0 Å². The van der Waals surface area contributed by atoms with E-state index in [4.69, 9.17) is 16.3 Å². The van der Waals surface area contributed by atoms with E-state index in [2.05, 4.69) is 5.32 Å². The Morgan fingerprint density at radius 2 is 1.74 bits per heavy atom. The molecular weight excluding hydrogens is 412 g/mol. The number of carbonyl (C=O) groups excluding carboxylic acids is 2. The van der Waals surface area contributed by atoms with Gasteiger partial charge in [0.25, 0.3) is 5.91 Å². The molecule has 5 nitrogen and oxygen atoms in total. The maximum absolute atomic E-state index is 13.3. The number of benzene rings is 3. The van der Waals surface area contributed by atoms with Gasteiger partial charge in [-0.25, -0.2) is 0 Å². The quantitative estimate of drug-likeness (QED) is 0.598. The van der Waals surface area contributed by atoms with Crippen LogP contribution in [0.2, 0.25) is 5.02 Å². The van der Waals surface area contributed by atoms with Crippen LogP contribution >= 0.6 is 11.6 Å². The summed E-state index contributed by atoms with van der Waals surface area (Å²) in [5.74, 6) is 0.344. The van der Waals surface area contributed by atoms with Crippen LogP contribution in [0.5, 0.6) is 5.75 Å². The molecule has 0 aliphatic carbocycles. The number of hydrogen-bond donors (Lipinski definition) is 1. The Kier molecular flexibility index (Phi) is 5.96. The molecule has 6 heteroatoms. The number of rotatable bonds is 6. The van der Waals surface area contributed by atoms with E-state index in [0.29, 0.717) is 16.1 Å². The smallest absolute Gasteiger partial charge is 0.255 e. The second-order valence-corrected chi connectivity index (χ2v) is 7.87. The van der Waals surface area contributed by atoms with Crippen molar-refractivity contribution < 1.29 is 14.3 Å². The van der Waals surface area contributed by atoms with E-state index in [1.165, 1.54) is 0 Å². The number of amides is 2. The van der Waals surface area contributed by atoms with Gasteiger partial charge in [0.15, 0.2) is 0 Å². The van der Waals surface area contributed by atoms with Crippen LogP contribution in [-0.2, 0) is 11.3 Å². The van der Waals surface area contributed by atoms with Crippen molar-refractivity contribution in [3.05, 3.63) is 100 Å². The molecule has 0 saturated heterocycles. The van der Waals surface area contributed by atoms with Crippen molar-refractivity contribution in [2.45, 2.75) is 25.6 Å². The lowest BCUT2D eigenvalue weighted by Gasteiger charge is -2.31. The van der Waals surface area contributed by atoms with Gasteiger partial charge in [0.2, 0.25) is 5.91 Å². The maximum atomic E-state index is 13.3. The molecule has 0 aromatic heterocycles. The normalized spacial score (nSPS) is 16.0. The molecular formula is C25H23ClN2O3. The molecule has 1 N–H and O–H groups in total. The van der Waals surface area contributed by atoms with Crippen LogP contribution in [0, 0.1) is 0 Å². The summed E-state index contributed by atoms with van der Waals surface area (Å²) in [6, 6.07) is 21.2. The molecule has 1 unspecified atom stereocenters. The molecule has 0 spiro atoms. The third-order valence-electron chi connectivity index (χ3n) is 5.67. The highest BCUT2D eigenvalue weighted by Gasteiger charge is 2.43. The zero-order chi connectivity index (χ0) is 22.0. The standard InChI is InChI=1S/C25H23ClN2O3/c1-16(17-11-13-19(31-2)14-12-17)28-23(20-8-4-5-9-21(20)25(28)30)24(29)27-15-18-7-3-6-10-22(18)26/h3-14,16,23H,15H2,1-2H3,(H,27,29)/t16-,23?/m1/s1. The van der Waals surface area contributed by atoms with E-state index >= 15 is 0 Å². The van der Waals surface area contributed by atoms with Crippen molar-refractivity contribution in [2.75, 3.05) is 7.11 Å². The number of ether oxygens (including phenoxy) is 1. The molecule has 1 aliphatic heterocycles. The summed E-state index contributed by atoms with van der Waals surface area (Å²) >= 11 is 6.23. The van der Waals surface area contributed by atoms with Gasteiger partial charge >= 0.3 is 0 Å². The van der Waals surface area contributed by atoms with Crippen molar-refractivity contribution in [3.8, 4) is 5.75 Å². The summed E-state index contributed by atoms with van der Waals surface area (Å²) in [6.45, 7) is 2.22. The minimum Gasteiger partial charge on any atom is -0.497 e. The summed E-state index contributed by atoms with van der Waals surface area (Å²) in [7, 11) is 1.61. The minimum atomic E-state index is -0.719.